The van der Waals surface area contributed by atoms with Gasteiger partial charge in [-0.15, -0.1) is 0 Å². The minimum absolute atomic E-state index is 0.761. The van der Waals surface area contributed by atoms with Crippen molar-refractivity contribution in [2.24, 2.45) is 0 Å². The second kappa shape index (κ2) is 10.1. The fraction of sp³-hybridized carbons (Fsp3) is 0.486. The minimum Gasteiger partial charge on any atom is -0.225 e. The number of benzene rings is 3. The second-order valence-electron chi connectivity index (χ2n) is 12.9. The summed E-state index contributed by atoms with van der Waals surface area (Å²) in [5.74, 6) is 0. The summed E-state index contributed by atoms with van der Waals surface area (Å²) in [5.41, 5.74) is 4.41. The van der Waals surface area contributed by atoms with Crippen LogP contribution in [0.3, 0.4) is 0 Å². The summed E-state index contributed by atoms with van der Waals surface area (Å²) < 4.78 is 1.22. The average molecular weight is 543 g/mol. The van der Waals surface area contributed by atoms with E-state index in [0.29, 0.717) is 0 Å². The van der Waals surface area contributed by atoms with E-state index in [9.17, 15) is 0 Å². The van der Waals surface area contributed by atoms with Gasteiger partial charge in [-0.25, -0.2) is 4.48 Å². The molecule has 4 aliphatic rings. The number of quaternary nitrogens is 1. The average Bonchev–Trinajstić information content (AvgIpc) is 3.25. The summed E-state index contributed by atoms with van der Waals surface area (Å²) in [6.07, 6.45) is 17.9. The summed E-state index contributed by atoms with van der Waals surface area (Å²) in [7, 11) is -0.491. The molecule has 3 aromatic rings. The van der Waals surface area contributed by atoms with Crippen LogP contribution in [0.15, 0.2) is 84.9 Å². The van der Waals surface area contributed by atoms with Crippen LogP contribution in [0.4, 0.5) is 5.69 Å². The summed E-state index contributed by atoms with van der Waals surface area (Å²) in [6, 6.07) is 33.9. The highest BCUT2D eigenvalue weighted by atomic mass is 31.2. The molecular formula is C35H46NP2+3. The number of fused-ring (bicyclic) bond motifs is 3. The van der Waals surface area contributed by atoms with Gasteiger partial charge in [0.1, 0.15) is 17.9 Å². The topological polar surface area (TPSA) is 0 Å². The van der Waals surface area contributed by atoms with Crippen LogP contribution in [0.5, 0.6) is 0 Å². The summed E-state index contributed by atoms with van der Waals surface area (Å²) in [6.45, 7) is 1.32. The molecule has 2 saturated carbocycles. The third-order valence-electron chi connectivity index (χ3n) is 11.1. The van der Waals surface area contributed by atoms with Crippen molar-refractivity contribution in [3.8, 4) is 0 Å². The summed E-state index contributed by atoms with van der Waals surface area (Å²) in [4.78, 5) is 0. The van der Waals surface area contributed by atoms with E-state index in [1.807, 2.05) is 0 Å². The van der Waals surface area contributed by atoms with E-state index in [1.165, 1.54) is 81.7 Å². The van der Waals surface area contributed by atoms with Gasteiger partial charge in [-0.2, -0.15) is 0 Å². The molecule has 7 rings (SSSR count). The monoisotopic (exact) mass is 542 g/mol. The Hall–Kier alpha value is -1.52. The standard InChI is InChI=1S/C35H46NP2/c1-36-27-16-28-37(29-17-6-2-7-18-29,30-19-8-3-9-20-30)35(36)38(31-21-10-4-11-22-31,32-23-12-5-13-24-32)34-26-15-14-25-33(34)36/h4-5,10-15,21-26,29-30,35H,2-3,6-9,16-20,27-28H2,1H3/q+3/t35-,36?/m0/s1. The highest BCUT2D eigenvalue weighted by Crippen LogP contribution is 2.90. The lowest BCUT2D eigenvalue weighted by atomic mass is 9.99. The molecule has 3 aromatic carbocycles. The van der Waals surface area contributed by atoms with Gasteiger partial charge in [0.2, 0.25) is 7.26 Å². The highest BCUT2D eigenvalue weighted by Gasteiger charge is 2.82. The van der Waals surface area contributed by atoms with Gasteiger partial charge >= 0.3 is 0 Å². The van der Waals surface area contributed by atoms with Gasteiger partial charge in [0, 0.05) is 12.5 Å². The van der Waals surface area contributed by atoms with E-state index in [-0.39, 0.29) is 0 Å². The molecule has 1 nitrogen and oxygen atoms in total. The first-order chi connectivity index (χ1) is 18.7. The molecule has 2 atom stereocenters. The van der Waals surface area contributed by atoms with Crippen LogP contribution in [-0.2, 0) is 0 Å². The van der Waals surface area contributed by atoms with Crippen molar-refractivity contribution in [2.75, 3.05) is 19.8 Å². The Bertz CT molecular complexity index is 1190. The Morgan fingerprint density at radius 2 is 1.08 bits per heavy atom. The van der Waals surface area contributed by atoms with Crippen LogP contribution >= 0.6 is 14.5 Å². The Morgan fingerprint density at radius 3 is 1.63 bits per heavy atom. The van der Waals surface area contributed by atoms with Gasteiger partial charge in [0.05, 0.1) is 31.1 Å². The van der Waals surface area contributed by atoms with Gasteiger partial charge in [-0.05, 0) is 81.7 Å². The van der Waals surface area contributed by atoms with Crippen LogP contribution in [0.2, 0.25) is 0 Å². The molecule has 2 heterocycles. The maximum absolute atomic E-state index is 2.71. The Balaban J connectivity index is 1.59. The SMILES string of the molecule is C[N+]12CCC[P+](C3CCCCC3)(C3CCCCC3)[C@H]1[P+](c1ccccc1)(c1ccccc1)c1ccccc12. The molecule has 0 radical (unpaired) electrons. The highest BCUT2D eigenvalue weighted by molar-refractivity contribution is 8.05. The van der Waals surface area contributed by atoms with Crippen molar-refractivity contribution in [3.05, 3.63) is 84.9 Å². The smallest absolute Gasteiger partial charge is 0.225 e. The number of para-hydroxylation sites is 1. The van der Waals surface area contributed by atoms with E-state index in [2.05, 4.69) is 92.0 Å². The number of hydrogen-bond acceptors (Lipinski definition) is 0. The van der Waals surface area contributed by atoms with Crippen molar-refractivity contribution in [3.63, 3.8) is 0 Å². The zero-order valence-corrected chi connectivity index (χ0v) is 25.1. The van der Waals surface area contributed by atoms with Crippen molar-refractivity contribution >= 4 is 36.1 Å². The van der Waals surface area contributed by atoms with Crippen LogP contribution in [0, 0.1) is 0 Å². The minimum atomic E-state index is -1.87. The quantitative estimate of drug-likeness (QED) is 0.230. The molecule has 0 bridgehead atoms. The zero-order valence-electron chi connectivity index (χ0n) is 23.3. The molecule has 1 saturated heterocycles. The van der Waals surface area contributed by atoms with Crippen molar-refractivity contribution in [2.45, 2.75) is 87.5 Å². The molecule has 1 unspecified atom stereocenters. The molecule has 2 aliphatic heterocycles. The molecule has 0 aromatic heterocycles. The maximum Gasteiger partial charge on any atom is 0.298 e. The van der Waals surface area contributed by atoms with E-state index in [0.717, 1.165) is 16.8 Å². The van der Waals surface area contributed by atoms with Crippen LogP contribution < -0.4 is 20.4 Å². The molecule has 198 valence electrons. The third-order valence-corrected chi connectivity index (χ3v) is 24.2. The Labute approximate surface area is 232 Å². The van der Waals surface area contributed by atoms with Gasteiger partial charge in [0.25, 0.3) is 5.52 Å². The Kier molecular flexibility index (Phi) is 6.79. The zero-order chi connectivity index (χ0) is 25.6. The molecule has 0 spiro atoms. The largest absolute Gasteiger partial charge is 0.298 e. The predicted molar refractivity (Wildman–Crippen MR) is 172 cm³/mol. The first-order valence-corrected chi connectivity index (χ1v) is 19.6. The fourth-order valence-corrected chi connectivity index (χ4v) is 26.8. The van der Waals surface area contributed by atoms with Crippen molar-refractivity contribution in [1.29, 1.82) is 0 Å². The molecule has 38 heavy (non-hydrogen) atoms. The normalized spacial score (nSPS) is 28.9. The van der Waals surface area contributed by atoms with Gasteiger partial charge < -0.3 is 0 Å². The molecular weight excluding hydrogens is 496 g/mol. The van der Waals surface area contributed by atoms with E-state index >= 15 is 0 Å². The van der Waals surface area contributed by atoms with E-state index < -0.39 is 14.5 Å². The summed E-state index contributed by atoms with van der Waals surface area (Å²) in [5, 5.41) is 5.04. The second-order valence-corrected chi connectivity index (χ2v) is 21.1. The van der Waals surface area contributed by atoms with Crippen molar-refractivity contribution in [1.82, 2.24) is 4.48 Å². The van der Waals surface area contributed by atoms with E-state index in [1.54, 1.807) is 27.8 Å². The lowest BCUT2D eigenvalue weighted by Crippen LogP contribution is -2.61. The van der Waals surface area contributed by atoms with Gasteiger partial charge in [-0.1, -0.05) is 61.4 Å². The van der Waals surface area contributed by atoms with Gasteiger partial charge in [-0.3, -0.25) is 0 Å². The summed E-state index contributed by atoms with van der Waals surface area (Å²) >= 11 is 0. The first kappa shape index (κ1) is 25.4. The first-order valence-electron chi connectivity index (χ1n) is 15.5. The molecule has 3 fully saturated rings. The number of hydrogen-bond donors (Lipinski definition) is 0. The number of nitrogens with zero attached hydrogens (tertiary/aromatic N) is 1. The van der Waals surface area contributed by atoms with Crippen LogP contribution in [0.1, 0.15) is 70.6 Å². The Morgan fingerprint density at radius 1 is 0.579 bits per heavy atom. The molecule has 0 amide bonds. The van der Waals surface area contributed by atoms with Gasteiger partial charge in [0.15, 0.2) is 11.0 Å². The molecule has 0 N–H and O–H groups in total. The lowest BCUT2D eigenvalue weighted by Gasteiger charge is -2.53. The van der Waals surface area contributed by atoms with Crippen LogP contribution in [0.25, 0.3) is 0 Å². The molecule has 2 aliphatic carbocycles. The molecule has 3 heteroatoms. The predicted octanol–water partition coefficient (Wildman–Crippen LogP) is 8.30. The van der Waals surface area contributed by atoms with Crippen LogP contribution in [-0.4, -0.2) is 36.6 Å². The fourth-order valence-electron chi connectivity index (χ4n) is 9.83. The van der Waals surface area contributed by atoms with E-state index in [4.69, 9.17) is 0 Å². The lowest BCUT2D eigenvalue weighted by molar-refractivity contribution is 0.339. The maximum atomic E-state index is 2.71. The van der Waals surface area contributed by atoms with Crippen molar-refractivity contribution < 1.29 is 0 Å². The number of rotatable bonds is 4. The third kappa shape index (κ3) is 3.61.